The van der Waals surface area contributed by atoms with Crippen LogP contribution >= 0.6 is 0 Å². The number of aliphatic carboxylic acids is 1. The van der Waals surface area contributed by atoms with E-state index in [0.29, 0.717) is 6.54 Å². The standard InChI is InChI=1S/C7H14N2O3.C5H4N2O4/c1-2-9-6(10)4-3-5(8)7(11)12;8-3-1-2(4(9)10)6-5(11)7-3/h5H,2-4,8H2,1H3,(H,9,10)(H,11,12);1H,(H,9,10)(H2,6,7,8,11)/t5-;/m0./s1. The molecular formula is C12H18N4O7. The molecule has 0 bridgehead atoms. The van der Waals surface area contributed by atoms with Crippen LogP contribution < -0.4 is 22.3 Å². The summed E-state index contributed by atoms with van der Waals surface area (Å²) in [6, 6.07) is -0.142. The molecule has 1 rings (SSSR count). The summed E-state index contributed by atoms with van der Waals surface area (Å²) < 4.78 is 0. The van der Waals surface area contributed by atoms with E-state index in [1.54, 1.807) is 6.92 Å². The topological polar surface area (TPSA) is 195 Å². The van der Waals surface area contributed by atoms with Gasteiger partial charge < -0.3 is 26.2 Å². The van der Waals surface area contributed by atoms with Crippen molar-refractivity contribution in [2.75, 3.05) is 6.54 Å². The van der Waals surface area contributed by atoms with Gasteiger partial charge in [0.25, 0.3) is 5.56 Å². The number of nitrogens with two attached hydrogens (primary N) is 1. The fourth-order valence-electron chi connectivity index (χ4n) is 1.28. The van der Waals surface area contributed by atoms with Crippen molar-refractivity contribution in [1.29, 1.82) is 0 Å². The van der Waals surface area contributed by atoms with Gasteiger partial charge in [-0.2, -0.15) is 0 Å². The van der Waals surface area contributed by atoms with Crippen LogP contribution in [0.25, 0.3) is 0 Å². The molecule has 23 heavy (non-hydrogen) atoms. The molecule has 1 heterocycles. The van der Waals surface area contributed by atoms with Crippen LogP contribution in [0, 0.1) is 0 Å². The molecule has 0 spiro atoms. The SMILES string of the molecule is CCNC(=O)CC[C@H](N)C(=O)O.O=C(O)c1cc(=O)[nH]c(=O)[nH]1. The number of carboxylic acid groups (broad SMARTS) is 2. The molecule has 0 aromatic carbocycles. The Hall–Kier alpha value is -2.95. The molecular weight excluding hydrogens is 312 g/mol. The average molecular weight is 330 g/mol. The minimum atomic E-state index is -1.34. The quantitative estimate of drug-likeness (QED) is 0.347. The number of aromatic amines is 2. The third-order valence-electron chi connectivity index (χ3n) is 2.36. The van der Waals surface area contributed by atoms with Crippen molar-refractivity contribution in [1.82, 2.24) is 15.3 Å². The Morgan fingerprint density at radius 1 is 1.26 bits per heavy atom. The largest absolute Gasteiger partial charge is 0.480 e. The normalized spacial score (nSPS) is 10.9. The van der Waals surface area contributed by atoms with Gasteiger partial charge in [0.05, 0.1) is 0 Å². The molecule has 1 atom stereocenters. The van der Waals surface area contributed by atoms with E-state index in [-0.39, 0.29) is 18.7 Å². The maximum Gasteiger partial charge on any atom is 0.352 e. The lowest BCUT2D eigenvalue weighted by atomic mass is 10.1. The summed E-state index contributed by atoms with van der Waals surface area (Å²) in [4.78, 5) is 55.9. The van der Waals surface area contributed by atoms with E-state index in [1.165, 1.54) is 0 Å². The molecule has 0 unspecified atom stereocenters. The molecule has 128 valence electrons. The molecule has 0 aliphatic rings. The first kappa shape index (κ1) is 20.1. The number of aromatic nitrogens is 2. The van der Waals surface area contributed by atoms with E-state index in [2.05, 4.69) is 5.32 Å². The van der Waals surface area contributed by atoms with E-state index in [0.717, 1.165) is 6.07 Å². The van der Waals surface area contributed by atoms with Gasteiger partial charge in [-0.05, 0) is 13.3 Å². The molecule has 0 aliphatic heterocycles. The van der Waals surface area contributed by atoms with Crippen molar-refractivity contribution in [3.8, 4) is 0 Å². The lowest BCUT2D eigenvalue weighted by molar-refractivity contribution is -0.138. The number of carbonyl (C=O) groups is 3. The van der Waals surface area contributed by atoms with Gasteiger partial charge in [-0.1, -0.05) is 0 Å². The molecule has 7 N–H and O–H groups in total. The molecule has 0 aliphatic carbocycles. The van der Waals surface area contributed by atoms with E-state index in [1.807, 2.05) is 9.97 Å². The number of hydrogen-bond donors (Lipinski definition) is 6. The lowest BCUT2D eigenvalue weighted by Crippen LogP contribution is -2.32. The van der Waals surface area contributed by atoms with Gasteiger partial charge in [0.15, 0.2) is 0 Å². The van der Waals surface area contributed by atoms with E-state index >= 15 is 0 Å². The molecule has 1 aromatic rings. The molecule has 11 nitrogen and oxygen atoms in total. The summed E-state index contributed by atoms with van der Waals surface area (Å²) in [5.74, 6) is -2.57. The van der Waals surface area contributed by atoms with Gasteiger partial charge in [-0.3, -0.25) is 19.4 Å². The number of nitrogens with one attached hydrogen (secondary N) is 3. The Labute approximate surface area is 129 Å². The van der Waals surface area contributed by atoms with Crippen LogP contribution in [0.2, 0.25) is 0 Å². The average Bonchev–Trinajstić information content (AvgIpc) is 2.44. The number of carboxylic acids is 2. The van der Waals surface area contributed by atoms with Gasteiger partial charge in [-0.25, -0.2) is 9.59 Å². The summed E-state index contributed by atoms with van der Waals surface area (Å²) in [6.45, 7) is 2.36. The molecule has 11 heteroatoms. The highest BCUT2D eigenvalue weighted by atomic mass is 16.4. The first-order chi connectivity index (χ1) is 10.7. The first-order valence-corrected chi connectivity index (χ1v) is 6.49. The Bertz CT molecular complexity index is 636. The van der Waals surface area contributed by atoms with Crippen LogP contribution in [-0.4, -0.2) is 50.6 Å². The smallest absolute Gasteiger partial charge is 0.352 e. The zero-order valence-corrected chi connectivity index (χ0v) is 12.3. The van der Waals surface area contributed by atoms with E-state index in [9.17, 15) is 24.0 Å². The van der Waals surface area contributed by atoms with Crippen molar-refractivity contribution >= 4 is 17.8 Å². The van der Waals surface area contributed by atoms with Gasteiger partial charge in [0.2, 0.25) is 5.91 Å². The van der Waals surface area contributed by atoms with E-state index < -0.39 is 34.9 Å². The third kappa shape index (κ3) is 8.83. The Balaban J connectivity index is 0.000000422. The lowest BCUT2D eigenvalue weighted by Gasteiger charge is -2.05. The molecule has 0 saturated heterocycles. The number of carbonyl (C=O) groups excluding carboxylic acids is 1. The summed E-state index contributed by atoms with van der Waals surface area (Å²) in [5, 5.41) is 19.2. The molecule has 0 fully saturated rings. The summed E-state index contributed by atoms with van der Waals surface area (Å²) in [7, 11) is 0. The highest BCUT2D eigenvalue weighted by Gasteiger charge is 2.12. The highest BCUT2D eigenvalue weighted by Crippen LogP contribution is 1.94. The fraction of sp³-hybridized carbons (Fsp3) is 0.417. The zero-order valence-electron chi connectivity index (χ0n) is 12.3. The number of amides is 1. The zero-order chi connectivity index (χ0) is 18.0. The highest BCUT2D eigenvalue weighted by molar-refractivity contribution is 5.84. The second-order valence-corrected chi connectivity index (χ2v) is 4.24. The first-order valence-electron chi connectivity index (χ1n) is 6.49. The minimum Gasteiger partial charge on any atom is -0.480 e. The molecule has 1 amide bonds. The van der Waals surface area contributed by atoms with Crippen molar-refractivity contribution in [2.45, 2.75) is 25.8 Å². The van der Waals surface area contributed by atoms with Gasteiger partial charge in [-0.15, -0.1) is 0 Å². The maximum absolute atomic E-state index is 10.8. The van der Waals surface area contributed by atoms with Crippen LogP contribution in [0.1, 0.15) is 30.3 Å². The Morgan fingerprint density at radius 3 is 2.30 bits per heavy atom. The van der Waals surface area contributed by atoms with Crippen LogP contribution in [0.15, 0.2) is 15.7 Å². The van der Waals surface area contributed by atoms with Crippen LogP contribution in [0.5, 0.6) is 0 Å². The number of H-pyrrole nitrogens is 2. The minimum absolute atomic E-state index is 0.158. The number of aromatic carboxylic acids is 1. The predicted molar refractivity (Wildman–Crippen MR) is 78.2 cm³/mol. The second-order valence-electron chi connectivity index (χ2n) is 4.24. The monoisotopic (exact) mass is 330 g/mol. The van der Waals surface area contributed by atoms with Crippen molar-refractivity contribution < 1.29 is 24.6 Å². The van der Waals surface area contributed by atoms with Crippen LogP contribution in [0.4, 0.5) is 0 Å². The van der Waals surface area contributed by atoms with E-state index in [4.69, 9.17) is 15.9 Å². The van der Waals surface area contributed by atoms with Crippen molar-refractivity contribution in [3.63, 3.8) is 0 Å². The summed E-state index contributed by atoms with van der Waals surface area (Å²) >= 11 is 0. The summed E-state index contributed by atoms with van der Waals surface area (Å²) in [6.07, 6.45) is 0.350. The van der Waals surface area contributed by atoms with Gasteiger partial charge in [0, 0.05) is 19.0 Å². The van der Waals surface area contributed by atoms with Gasteiger partial charge >= 0.3 is 17.6 Å². The fourth-order valence-corrected chi connectivity index (χ4v) is 1.28. The predicted octanol–water partition coefficient (Wildman–Crippen LogP) is -1.92. The molecule has 0 radical (unpaired) electrons. The third-order valence-corrected chi connectivity index (χ3v) is 2.36. The second kappa shape index (κ2) is 9.89. The van der Waals surface area contributed by atoms with Crippen LogP contribution in [0.3, 0.4) is 0 Å². The molecule has 1 aromatic heterocycles. The maximum atomic E-state index is 10.8. The molecule has 0 saturated carbocycles. The van der Waals surface area contributed by atoms with Gasteiger partial charge in [0.1, 0.15) is 11.7 Å². The van der Waals surface area contributed by atoms with Crippen molar-refractivity contribution in [3.05, 3.63) is 32.6 Å². The van der Waals surface area contributed by atoms with Crippen LogP contribution in [-0.2, 0) is 9.59 Å². The number of hydrogen-bond acceptors (Lipinski definition) is 6. The summed E-state index contributed by atoms with van der Waals surface area (Å²) in [5.41, 5.74) is 3.21. The van der Waals surface area contributed by atoms with Crippen molar-refractivity contribution in [2.24, 2.45) is 5.73 Å². The Kier molecular flexibility index (Phi) is 8.62. The Morgan fingerprint density at radius 2 is 1.87 bits per heavy atom. The number of rotatable bonds is 6.